The van der Waals surface area contributed by atoms with E-state index in [4.69, 9.17) is 0 Å². The molecule has 1 rings (SSSR count). The molecule has 1 aliphatic carbocycles. The predicted molar refractivity (Wildman–Crippen MR) is 53.6 cm³/mol. The molecule has 0 radical (unpaired) electrons. The van der Waals surface area contributed by atoms with Gasteiger partial charge in [0.15, 0.2) is 0 Å². The van der Waals surface area contributed by atoms with E-state index in [2.05, 4.69) is 28.6 Å². The molecule has 0 N–H and O–H groups in total. The Kier molecular flexibility index (Phi) is 3.03. The molecule has 0 aromatic rings. The van der Waals surface area contributed by atoms with Crippen molar-refractivity contribution in [2.45, 2.75) is 45.9 Å². The van der Waals surface area contributed by atoms with Gasteiger partial charge in [0.25, 0.3) is 0 Å². The zero-order chi connectivity index (χ0) is 8.43. The Morgan fingerprint density at radius 3 is 2.36 bits per heavy atom. The summed E-state index contributed by atoms with van der Waals surface area (Å²) in [6.07, 6.45) is 4.40. The van der Waals surface area contributed by atoms with Crippen LogP contribution in [0.25, 0.3) is 0 Å². The Morgan fingerprint density at radius 2 is 1.91 bits per heavy atom. The van der Waals surface area contributed by atoms with Crippen molar-refractivity contribution in [2.24, 2.45) is 17.8 Å². The first-order chi connectivity index (χ1) is 5.13. The molecular weight excluding hydrogens is 131 g/mol. The van der Waals surface area contributed by atoms with Gasteiger partial charge in [-0.25, -0.2) is 0 Å². The molecule has 3 unspecified atom stereocenters. The molecular formula is C10H21B. The Balaban J connectivity index is 2.51. The SMILES string of the molecule is BC1C(C)CCCC1C(C)C. The van der Waals surface area contributed by atoms with Crippen LogP contribution in [-0.2, 0) is 0 Å². The molecule has 0 amide bonds. The highest BCUT2D eigenvalue weighted by Crippen LogP contribution is 2.40. The zero-order valence-electron chi connectivity index (χ0n) is 8.43. The van der Waals surface area contributed by atoms with Crippen molar-refractivity contribution in [1.29, 1.82) is 0 Å². The fraction of sp³-hybridized carbons (Fsp3) is 1.00. The predicted octanol–water partition coefficient (Wildman–Crippen LogP) is 2.50. The van der Waals surface area contributed by atoms with E-state index < -0.39 is 0 Å². The number of hydrogen-bond donors (Lipinski definition) is 0. The topological polar surface area (TPSA) is 0 Å². The van der Waals surface area contributed by atoms with Crippen LogP contribution in [-0.4, -0.2) is 7.85 Å². The lowest BCUT2D eigenvalue weighted by Gasteiger charge is -2.36. The molecule has 0 aromatic carbocycles. The third-order valence-electron chi connectivity index (χ3n) is 3.63. The number of rotatable bonds is 1. The summed E-state index contributed by atoms with van der Waals surface area (Å²) in [6.45, 7) is 7.16. The average molecular weight is 152 g/mol. The lowest BCUT2D eigenvalue weighted by molar-refractivity contribution is 0.227. The van der Waals surface area contributed by atoms with E-state index in [1.165, 1.54) is 19.3 Å². The van der Waals surface area contributed by atoms with Crippen LogP contribution in [0.2, 0.25) is 5.82 Å². The highest BCUT2D eigenvalue weighted by molar-refractivity contribution is 6.12. The summed E-state index contributed by atoms with van der Waals surface area (Å²) in [5, 5.41) is 0. The maximum absolute atomic E-state index is 2.44. The van der Waals surface area contributed by atoms with E-state index in [0.717, 1.165) is 23.6 Å². The molecule has 0 bridgehead atoms. The van der Waals surface area contributed by atoms with Crippen molar-refractivity contribution < 1.29 is 0 Å². The summed E-state index contributed by atoms with van der Waals surface area (Å²) in [4.78, 5) is 0. The maximum Gasteiger partial charge on any atom is 0.106 e. The molecule has 1 aliphatic rings. The first-order valence-corrected chi connectivity index (χ1v) is 5.13. The fourth-order valence-electron chi connectivity index (χ4n) is 2.56. The summed E-state index contributed by atoms with van der Waals surface area (Å²) in [5.74, 6) is 3.83. The molecule has 0 aromatic heterocycles. The Bertz CT molecular complexity index is 120. The highest BCUT2D eigenvalue weighted by atomic mass is 14.3. The van der Waals surface area contributed by atoms with E-state index >= 15 is 0 Å². The molecule has 0 heterocycles. The van der Waals surface area contributed by atoms with Gasteiger partial charge in [0, 0.05) is 0 Å². The van der Waals surface area contributed by atoms with Crippen LogP contribution in [0.1, 0.15) is 40.0 Å². The van der Waals surface area contributed by atoms with E-state index in [9.17, 15) is 0 Å². The van der Waals surface area contributed by atoms with Gasteiger partial charge in [0.2, 0.25) is 0 Å². The Labute approximate surface area is 72.2 Å². The molecule has 64 valence electrons. The van der Waals surface area contributed by atoms with Crippen molar-refractivity contribution in [3.8, 4) is 0 Å². The van der Waals surface area contributed by atoms with E-state index in [-0.39, 0.29) is 0 Å². The van der Waals surface area contributed by atoms with Crippen molar-refractivity contribution in [3.05, 3.63) is 0 Å². The van der Waals surface area contributed by atoms with Gasteiger partial charge in [-0.3, -0.25) is 0 Å². The second-order valence-corrected chi connectivity index (χ2v) is 4.68. The Morgan fingerprint density at radius 1 is 1.27 bits per heavy atom. The first-order valence-electron chi connectivity index (χ1n) is 5.13. The second kappa shape index (κ2) is 3.64. The third-order valence-corrected chi connectivity index (χ3v) is 3.63. The molecule has 0 nitrogen and oxygen atoms in total. The van der Waals surface area contributed by atoms with Crippen molar-refractivity contribution in [3.63, 3.8) is 0 Å². The smallest absolute Gasteiger partial charge is 0.0642 e. The van der Waals surface area contributed by atoms with Crippen molar-refractivity contribution >= 4 is 7.85 Å². The van der Waals surface area contributed by atoms with Gasteiger partial charge < -0.3 is 0 Å². The standard InChI is InChI=1S/C10H21B/c1-7(2)9-6-4-5-8(3)10(9)11/h7-10H,4-6,11H2,1-3H3. The van der Waals surface area contributed by atoms with Crippen LogP contribution in [0, 0.1) is 17.8 Å². The molecule has 1 saturated carbocycles. The van der Waals surface area contributed by atoms with Crippen molar-refractivity contribution in [2.75, 3.05) is 0 Å². The van der Waals surface area contributed by atoms with E-state index in [1.807, 2.05) is 0 Å². The monoisotopic (exact) mass is 152 g/mol. The molecule has 0 saturated heterocycles. The molecule has 11 heavy (non-hydrogen) atoms. The lowest BCUT2D eigenvalue weighted by atomic mass is 9.60. The second-order valence-electron chi connectivity index (χ2n) is 4.68. The van der Waals surface area contributed by atoms with Gasteiger partial charge >= 0.3 is 0 Å². The quantitative estimate of drug-likeness (QED) is 0.506. The minimum Gasteiger partial charge on any atom is -0.0642 e. The lowest BCUT2D eigenvalue weighted by Crippen LogP contribution is -2.25. The fourth-order valence-corrected chi connectivity index (χ4v) is 2.56. The Hall–Kier alpha value is 0.0649. The molecule has 0 aliphatic heterocycles. The summed E-state index contributed by atoms with van der Waals surface area (Å²) in [6, 6.07) is 0. The number of hydrogen-bond acceptors (Lipinski definition) is 0. The van der Waals surface area contributed by atoms with Crippen LogP contribution >= 0.6 is 0 Å². The minimum atomic E-state index is 0.896. The molecule has 1 fully saturated rings. The van der Waals surface area contributed by atoms with Gasteiger partial charge in [-0.15, -0.1) is 0 Å². The van der Waals surface area contributed by atoms with Crippen LogP contribution in [0.15, 0.2) is 0 Å². The van der Waals surface area contributed by atoms with Gasteiger partial charge in [0.05, 0.1) is 0 Å². The zero-order valence-corrected chi connectivity index (χ0v) is 8.43. The van der Waals surface area contributed by atoms with Crippen LogP contribution < -0.4 is 0 Å². The average Bonchev–Trinajstić information content (AvgIpc) is 1.94. The van der Waals surface area contributed by atoms with Crippen LogP contribution in [0.5, 0.6) is 0 Å². The summed E-state index contributed by atoms with van der Waals surface area (Å²) in [5.41, 5.74) is 0. The molecule has 3 atom stereocenters. The maximum atomic E-state index is 2.44. The van der Waals surface area contributed by atoms with Crippen LogP contribution in [0.3, 0.4) is 0 Å². The van der Waals surface area contributed by atoms with Gasteiger partial charge in [-0.05, 0) is 17.8 Å². The molecule has 0 spiro atoms. The first kappa shape index (κ1) is 9.16. The normalized spacial score (nSPS) is 39.5. The van der Waals surface area contributed by atoms with E-state index in [1.54, 1.807) is 0 Å². The van der Waals surface area contributed by atoms with E-state index in [0.29, 0.717) is 0 Å². The highest BCUT2D eigenvalue weighted by Gasteiger charge is 2.28. The van der Waals surface area contributed by atoms with Gasteiger partial charge in [-0.1, -0.05) is 45.9 Å². The summed E-state index contributed by atoms with van der Waals surface area (Å²) >= 11 is 0. The minimum absolute atomic E-state index is 0.896. The van der Waals surface area contributed by atoms with Crippen LogP contribution in [0.4, 0.5) is 0 Å². The molecule has 1 heteroatoms. The third kappa shape index (κ3) is 2.01. The summed E-state index contributed by atoms with van der Waals surface area (Å²) in [7, 11) is 2.44. The van der Waals surface area contributed by atoms with Crippen molar-refractivity contribution in [1.82, 2.24) is 0 Å². The largest absolute Gasteiger partial charge is 0.106 e. The van der Waals surface area contributed by atoms with Gasteiger partial charge in [0.1, 0.15) is 7.85 Å². The van der Waals surface area contributed by atoms with Gasteiger partial charge in [-0.2, -0.15) is 0 Å². The summed E-state index contributed by atoms with van der Waals surface area (Å²) < 4.78 is 0.